The summed E-state index contributed by atoms with van der Waals surface area (Å²) in [5.74, 6) is -1.18. The minimum Gasteiger partial charge on any atom is -0.481 e. The fourth-order valence-electron chi connectivity index (χ4n) is 3.81. The van der Waals surface area contributed by atoms with Crippen LogP contribution in [-0.2, 0) is 9.59 Å². The lowest BCUT2D eigenvalue weighted by Crippen LogP contribution is -2.54. The molecule has 1 fully saturated rings. The third kappa shape index (κ3) is 6.16. The van der Waals surface area contributed by atoms with Gasteiger partial charge in [-0.15, -0.1) is 0 Å². The Balaban J connectivity index is 2.09. The number of aliphatic carboxylic acids is 1. The molecule has 5 N–H and O–H groups in total. The Kier molecular flexibility index (Phi) is 7.96. The number of amides is 2. The third-order valence-corrected chi connectivity index (χ3v) is 5.82. The fraction of sp³-hybridized carbons (Fsp3) is 0.478. The van der Waals surface area contributed by atoms with Crippen LogP contribution in [0.4, 0.5) is 0 Å². The minimum atomic E-state index is -0.888. The van der Waals surface area contributed by atoms with Crippen LogP contribution in [0.1, 0.15) is 56.0 Å². The van der Waals surface area contributed by atoms with Gasteiger partial charge in [-0.1, -0.05) is 24.3 Å². The highest BCUT2D eigenvalue weighted by molar-refractivity contribution is 5.98. The predicted molar refractivity (Wildman–Crippen MR) is 119 cm³/mol. The second-order valence-corrected chi connectivity index (χ2v) is 8.52. The second-order valence-electron chi connectivity index (χ2n) is 8.52. The topological polar surface area (TPSA) is 137 Å². The number of amidine groups is 1. The summed E-state index contributed by atoms with van der Waals surface area (Å²) in [5, 5.41) is 19.4. The number of carbonyl (C=O) groups excluding carboxylic acids is 2. The van der Waals surface area contributed by atoms with E-state index in [-0.39, 0.29) is 30.0 Å². The van der Waals surface area contributed by atoms with E-state index >= 15 is 0 Å². The Morgan fingerprint density at radius 3 is 2.26 bits per heavy atom. The van der Waals surface area contributed by atoms with Gasteiger partial charge in [0.1, 0.15) is 5.84 Å². The normalized spacial score (nSPS) is 16.2. The van der Waals surface area contributed by atoms with Gasteiger partial charge in [-0.25, -0.2) is 0 Å². The molecular formula is C23H32N4O4. The van der Waals surface area contributed by atoms with Crippen LogP contribution < -0.4 is 11.1 Å². The molecule has 0 spiro atoms. The number of nitrogens with zero attached hydrogens (tertiary/aromatic N) is 1. The van der Waals surface area contributed by atoms with Gasteiger partial charge in [0.25, 0.3) is 5.91 Å². The first-order chi connectivity index (χ1) is 14.6. The summed E-state index contributed by atoms with van der Waals surface area (Å²) in [5.41, 5.74) is 5.51. The fourth-order valence-corrected chi connectivity index (χ4v) is 3.81. The van der Waals surface area contributed by atoms with E-state index in [0.29, 0.717) is 37.1 Å². The lowest BCUT2D eigenvalue weighted by atomic mass is 9.81. The smallest absolute Gasteiger partial charge is 0.303 e. The summed E-state index contributed by atoms with van der Waals surface area (Å²) < 4.78 is 0. The number of benzene rings is 1. The maximum Gasteiger partial charge on any atom is 0.303 e. The maximum absolute atomic E-state index is 13.3. The zero-order valence-electron chi connectivity index (χ0n) is 18.4. The predicted octanol–water partition coefficient (Wildman–Crippen LogP) is 2.38. The largest absolute Gasteiger partial charge is 0.481 e. The summed E-state index contributed by atoms with van der Waals surface area (Å²) >= 11 is 0. The highest BCUT2D eigenvalue weighted by Gasteiger charge is 2.40. The van der Waals surface area contributed by atoms with Gasteiger partial charge in [0.05, 0.1) is 11.5 Å². The molecule has 168 valence electrons. The Morgan fingerprint density at radius 2 is 1.77 bits per heavy atom. The first-order valence-corrected chi connectivity index (χ1v) is 10.5. The van der Waals surface area contributed by atoms with Crippen molar-refractivity contribution in [3.8, 4) is 0 Å². The van der Waals surface area contributed by atoms with Crippen LogP contribution in [0.3, 0.4) is 0 Å². The molecule has 2 rings (SSSR count). The molecule has 0 radical (unpaired) electrons. The maximum atomic E-state index is 13.3. The van der Waals surface area contributed by atoms with E-state index in [1.54, 1.807) is 41.3 Å². The highest BCUT2D eigenvalue weighted by atomic mass is 16.4. The third-order valence-electron chi connectivity index (χ3n) is 5.82. The van der Waals surface area contributed by atoms with Gasteiger partial charge in [-0.05, 0) is 51.7 Å². The summed E-state index contributed by atoms with van der Waals surface area (Å²) in [4.78, 5) is 38.8. The average Bonchev–Trinajstić information content (AvgIpc) is 2.73. The summed E-state index contributed by atoms with van der Waals surface area (Å²) in [7, 11) is 0. The van der Waals surface area contributed by atoms with E-state index in [2.05, 4.69) is 5.32 Å². The van der Waals surface area contributed by atoms with Gasteiger partial charge >= 0.3 is 5.97 Å². The van der Waals surface area contributed by atoms with Crippen LogP contribution in [0.5, 0.6) is 0 Å². The number of carbonyl (C=O) groups is 3. The van der Waals surface area contributed by atoms with Crippen molar-refractivity contribution >= 4 is 23.6 Å². The van der Waals surface area contributed by atoms with Crippen molar-refractivity contribution in [2.45, 2.75) is 46.1 Å². The first kappa shape index (κ1) is 24.1. The molecule has 1 heterocycles. The number of carboxylic acid groups (broad SMARTS) is 1. The molecule has 1 atom stereocenters. The first-order valence-electron chi connectivity index (χ1n) is 10.5. The number of hydrogen-bond acceptors (Lipinski definition) is 4. The molecule has 8 nitrogen and oxygen atoms in total. The number of allylic oxidation sites excluding steroid dienone is 1. The van der Waals surface area contributed by atoms with Crippen molar-refractivity contribution in [2.75, 3.05) is 13.1 Å². The molecule has 31 heavy (non-hydrogen) atoms. The van der Waals surface area contributed by atoms with E-state index in [1.807, 2.05) is 20.8 Å². The number of carboxylic acids is 1. The summed E-state index contributed by atoms with van der Waals surface area (Å²) in [6, 6.07) is 5.89. The number of nitrogen functional groups attached to an aromatic ring is 1. The molecular weight excluding hydrogens is 396 g/mol. The van der Waals surface area contributed by atoms with Gasteiger partial charge in [-0.3, -0.25) is 19.8 Å². The number of piperidine rings is 1. The zero-order chi connectivity index (χ0) is 23.2. The number of hydrogen-bond donors (Lipinski definition) is 4. The van der Waals surface area contributed by atoms with Crippen LogP contribution in [0.25, 0.3) is 0 Å². The molecule has 1 aromatic carbocycles. The molecule has 8 heteroatoms. The summed E-state index contributed by atoms with van der Waals surface area (Å²) in [6.07, 6.45) is 5.06. The van der Waals surface area contributed by atoms with Gasteiger partial charge in [0, 0.05) is 30.6 Å². The van der Waals surface area contributed by atoms with Gasteiger partial charge in [0.2, 0.25) is 5.91 Å². The van der Waals surface area contributed by atoms with E-state index < -0.39 is 17.4 Å². The van der Waals surface area contributed by atoms with E-state index in [9.17, 15) is 14.4 Å². The van der Waals surface area contributed by atoms with Crippen molar-refractivity contribution in [3.05, 3.63) is 47.5 Å². The average molecular weight is 429 g/mol. The lowest BCUT2D eigenvalue weighted by Gasteiger charge is -2.39. The zero-order valence-corrected chi connectivity index (χ0v) is 18.4. The molecule has 0 unspecified atom stereocenters. The molecule has 0 aliphatic carbocycles. The van der Waals surface area contributed by atoms with Crippen LogP contribution in [-0.4, -0.2) is 52.8 Å². The van der Waals surface area contributed by atoms with Crippen molar-refractivity contribution < 1.29 is 19.5 Å². The van der Waals surface area contributed by atoms with Crippen LogP contribution >= 0.6 is 0 Å². The Hall–Kier alpha value is -3.16. The van der Waals surface area contributed by atoms with Crippen molar-refractivity contribution in [3.63, 3.8) is 0 Å². The number of likely N-dealkylation sites (tertiary alicyclic amines) is 1. The second kappa shape index (κ2) is 10.2. The molecule has 0 saturated carbocycles. The van der Waals surface area contributed by atoms with E-state index in [0.717, 1.165) is 0 Å². The molecule has 1 aliphatic rings. The number of nitrogens with two attached hydrogens (primary N) is 1. The van der Waals surface area contributed by atoms with Crippen molar-refractivity contribution in [2.24, 2.45) is 17.1 Å². The minimum absolute atomic E-state index is 0.0717. The highest BCUT2D eigenvalue weighted by Crippen LogP contribution is 2.29. The van der Waals surface area contributed by atoms with Crippen molar-refractivity contribution in [1.82, 2.24) is 10.2 Å². The summed E-state index contributed by atoms with van der Waals surface area (Å²) in [6.45, 7) is 6.48. The van der Waals surface area contributed by atoms with Gasteiger partial charge < -0.3 is 21.1 Å². The Bertz CT molecular complexity index is 853. The van der Waals surface area contributed by atoms with Crippen LogP contribution in [0.2, 0.25) is 0 Å². The number of nitrogens with one attached hydrogen (secondary N) is 2. The van der Waals surface area contributed by atoms with Gasteiger partial charge in [0.15, 0.2) is 0 Å². The quantitative estimate of drug-likeness (QED) is 0.286. The van der Waals surface area contributed by atoms with Crippen LogP contribution in [0, 0.1) is 16.7 Å². The van der Waals surface area contributed by atoms with E-state index in [4.69, 9.17) is 16.2 Å². The monoisotopic (exact) mass is 428 g/mol. The van der Waals surface area contributed by atoms with Gasteiger partial charge in [-0.2, -0.15) is 0 Å². The Morgan fingerprint density at radius 1 is 1.23 bits per heavy atom. The van der Waals surface area contributed by atoms with Crippen LogP contribution in [0.15, 0.2) is 36.4 Å². The SMILES string of the molecule is C/C=C/[C@@H](NC(=O)c1ccc(C(=N)N)cc1)C(C)(C)C(=O)N1CCC(CC(=O)O)CC1. The van der Waals surface area contributed by atoms with E-state index in [1.165, 1.54) is 0 Å². The molecule has 1 aromatic rings. The molecule has 0 bridgehead atoms. The molecule has 0 aromatic heterocycles. The molecule has 2 amide bonds. The number of rotatable bonds is 8. The standard InChI is InChI=1S/C23H32N4O4/c1-4-5-18(26-21(30)17-8-6-16(7-9-17)20(24)25)23(2,3)22(31)27-12-10-15(11-13-27)14-19(28)29/h4-9,15,18H,10-14H2,1-3H3,(H3,24,25)(H,26,30)(H,28,29)/b5-4+/t18-/m1/s1. The Labute approximate surface area is 183 Å². The van der Waals surface area contributed by atoms with Crippen molar-refractivity contribution in [1.29, 1.82) is 5.41 Å². The lowest BCUT2D eigenvalue weighted by molar-refractivity contribution is -0.143. The molecule has 1 saturated heterocycles. The molecule has 1 aliphatic heterocycles.